The van der Waals surface area contributed by atoms with Crippen LogP contribution in [0, 0.1) is 5.21 Å². The quantitative estimate of drug-likeness (QED) is 0.0877. The number of benzene rings is 2. The van der Waals surface area contributed by atoms with Crippen LogP contribution in [0.1, 0.15) is 57.9 Å². The molecule has 6 nitrogen and oxygen atoms in total. The van der Waals surface area contributed by atoms with Crippen molar-refractivity contribution in [3.05, 3.63) is 65.4 Å². The van der Waals surface area contributed by atoms with E-state index in [2.05, 4.69) is 23.8 Å². The Morgan fingerprint density at radius 1 is 1.14 bits per heavy atom. The third-order valence-electron chi connectivity index (χ3n) is 6.53. The number of alkyl halides is 2. The van der Waals surface area contributed by atoms with Gasteiger partial charge in [-0.1, -0.05) is 62.0 Å². The largest absolute Gasteiger partial charge is 0.619 e. The number of aromatic nitrogens is 2. The molecule has 0 saturated heterocycles. The maximum atomic E-state index is 14.0. The number of allylic oxidation sites excluding steroid dienone is 1. The molecule has 1 aromatic heterocycles. The molecule has 1 fully saturated rings. The second-order valence-corrected chi connectivity index (χ2v) is 9.17. The summed E-state index contributed by atoms with van der Waals surface area (Å²) in [5.41, 5.74) is 2.11. The van der Waals surface area contributed by atoms with Gasteiger partial charge in [-0.3, -0.25) is 0 Å². The van der Waals surface area contributed by atoms with Crippen LogP contribution in [0.4, 0.5) is 14.5 Å². The molecule has 0 spiro atoms. The van der Waals surface area contributed by atoms with E-state index in [0.29, 0.717) is 22.1 Å². The molecule has 0 radical (unpaired) electrons. The lowest BCUT2D eigenvalue weighted by atomic mass is 9.75. The van der Waals surface area contributed by atoms with Crippen molar-refractivity contribution < 1.29 is 22.8 Å². The first-order chi connectivity index (χ1) is 16.7. The summed E-state index contributed by atoms with van der Waals surface area (Å²) in [4.78, 5) is 4.40. The molecule has 184 valence electrons. The van der Waals surface area contributed by atoms with Gasteiger partial charge in [0.15, 0.2) is 0 Å². The highest BCUT2D eigenvalue weighted by Crippen LogP contribution is 2.43. The molecule has 35 heavy (non-hydrogen) atoms. The van der Waals surface area contributed by atoms with Crippen LogP contribution in [0.15, 0.2) is 59.1 Å². The van der Waals surface area contributed by atoms with E-state index in [1.54, 1.807) is 24.3 Å². The van der Waals surface area contributed by atoms with Gasteiger partial charge < -0.3 is 14.5 Å². The van der Waals surface area contributed by atoms with E-state index in [1.807, 2.05) is 12.1 Å². The van der Waals surface area contributed by atoms with Crippen LogP contribution < -0.4 is 4.74 Å². The molecular formula is C27H29F2N3O3. The summed E-state index contributed by atoms with van der Waals surface area (Å²) < 4.78 is 39.0. The zero-order valence-corrected chi connectivity index (χ0v) is 20.0. The zero-order chi connectivity index (χ0) is 25.1. The Labute approximate surface area is 203 Å². The van der Waals surface area contributed by atoms with Crippen LogP contribution in [0.5, 0.6) is 5.75 Å². The molecule has 1 heterocycles. The lowest BCUT2D eigenvalue weighted by molar-refractivity contribution is -0.351. The lowest BCUT2D eigenvalue weighted by Gasteiger charge is -2.29. The average molecular weight is 482 g/mol. The number of ether oxygens (including phenoxy) is 1. The minimum atomic E-state index is -3.48. The summed E-state index contributed by atoms with van der Waals surface area (Å²) in [7, 11) is 0. The van der Waals surface area contributed by atoms with E-state index in [-0.39, 0.29) is 28.4 Å². The molecule has 3 aromatic rings. The first-order valence-corrected chi connectivity index (χ1v) is 11.8. The Balaban J connectivity index is 1.68. The van der Waals surface area contributed by atoms with Crippen LogP contribution in [-0.2, 0) is 5.41 Å². The van der Waals surface area contributed by atoms with Gasteiger partial charge in [0.1, 0.15) is 12.5 Å². The van der Waals surface area contributed by atoms with E-state index in [9.17, 15) is 14.0 Å². The van der Waals surface area contributed by atoms with Gasteiger partial charge in [0.05, 0.1) is 5.56 Å². The standard InChI is InChI=1S/C27H29F2N3O3/c1-4-15-27(28,29)34-23-12-8-7-11-20(23)24-30-25(35-31-24)19-13-14-21(22(18-19)32(3)33)26(2)16-9-5-6-10-17-26/h4,7-8,11-15,18H,3,5-6,9-10,16-17H2,1-2H3/b15-4+. The van der Waals surface area contributed by atoms with Gasteiger partial charge in [-0.25, -0.2) is 0 Å². The number of hydrogen-bond acceptors (Lipinski definition) is 5. The third kappa shape index (κ3) is 5.42. The highest BCUT2D eigenvalue weighted by molar-refractivity contribution is 5.67. The number of rotatable bonds is 7. The van der Waals surface area contributed by atoms with Crippen molar-refractivity contribution in [1.29, 1.82) is 0 Å². The Hall–Kier alpha value is -3.55. The van der Waals surface area contributed by atoms with E-state index >= 15 is 0 Å². The molecule has 0 bridgehead atoms. The molecule has 0 N–H and O–H groups in total. The predicted molar refractivity (Wildman–Crippen MR) is 131 cm³/mol. The predicted octanol–water partition coefficient (Wildman–Crippen LogP) is 7.41. The maximum Gasteiger partial charge on any atom is 0.419 e. The normalized spacial score (nSPS) is 16.2. The fourth-order valence-corrected chi connectivity index (χ4v) is 4.72. The van der Waals surface area contributed by atoms with E-state index in [4.69, 9.17) is 9.26 Å². The Morgan fingerprint density at radius 2 is 1.86 bits per heavy atom. The minimum absolute atomic E-state index is 0.0798. The van der Waals surface area contributed by atoms with Crippen molar-refractivity contribution in [3.63, 3.8) is 0 Å². The van der Waals surface area contributed by atoms with Gasteiger partial charge in [-0.05, 0) is 43.4 Å². The lowest BCUT2D eigenvalue weighted by Crippen LogP contribution is -2.22. The molecule has 2 aromatic carbocycles. The number of hydrogen-bond donors (Lipinski definition) is 0. The average Bonchev–Trinajstić information content (AvgIpc) is 3.20. The van der Waals surface area contributed by atoms with Crippen LogP contribution in [0.3, 0.4) is 0 Å². The Kier molecular flexibility index (Phi) is 7.00. The summed E-state index contributed by atoms with van der Waals surface area (Å²) in [5, 5.41) is 16.4. The minimum Gasteiger partial charge on any atom is -0.619 e. The van der Waals surface area contributed by atoms with Gasteiger partial charge in [-0.15, -0.1) is 0 Å². The summed E-state index contributed by atoms with van der Waals surface area (Å²) in [5.74, 6) is 0.182. The Bertz CT molecular complexity index is 1230. The molecule has 1 saturated carbocycles. The maximum absolute atomic E-state index is 14.0. The summed E-state index contributed by atoms with van der Waals surface area (Å²) in [6, 6.07) is 11.7. The van der Waals surface area contributed by atoms with Crippen molar-refractivity contribution in [2.24, 2.45) is 0 Å². The van der Waals surface area contributed by atoms with Crippen LogP contribution in [-0.4, -0.2) is 27.7 Å². The number of para-hydroxylation sites is 1. The Morgan fingerprint density at radius 3 is 2.54 bits per heavy atom. The van der Waals surface area contributed by atoms with Crippen LogP contribution in [0.2, 0.25) is 0 Å². The molecule has 4 rings (SSSR count). The topological polar surface area (TPSA) is 74.2 Å². The van der Waals surface area contributed by atoms with E-state index in [1.165, 1.54) is 31.9 Å². The fourth-order valence-electron chi connectivity index (χ4n) is 4.72. The summed E-state index contributed by atoms with van der Waals surface area (Å²) in [6.45, 7) is 7.27. The van der Waals surface area contributed by atoms with Gasteiger partial charge >= 0.3 is 6.11 Å². The fraction of sp³-hybridized carbons (Fsp3) is 0.370. The number of nitrogens with zero attached hydrogens (tertiary/aromatic N) is 3. The van der Waals surface area contributed by atoms with Gasteiger partial charge in [0.25, 0.3) is 5.89 Å². The zero-order valence-electron chi connectivity index (χ0n) is 20.0. The smallest absolute Gasteiger partial charge is 0.419 e. The first kappa shape index (κ1) is 24.6. The van der Waals surface area contributed by atoms with Gasteiger partial charge in [0.2, 0.25) is 11.5 Å². The molecule has 0 atom stereocenters. The van der Waals surface area contributed by atoms with E-state index in [0.717, 1.165) is 31.2 Å². The van der Waals surface area contributed by atoms with E-state index < -0.39 is 6.11 Å². The summed E-state index contributed by atoms with van der Waals surface area (Å²) >= 11 is 0. The first-order valence-electron chi connectivity index (χ1n) is 11.8. The SMILES string of the molecule is C=[N+]([O-])c1cc(-c2nc(-c3ccccc3OC(F)(F)/C=C/C)no2)ccc1C1(C)CCCCCC1. The molecule has 0 unspecified atom stereocenters. The van der Waals surface area contributed by atoms with Crippen LogP contribution >= 0.6 is 0 Å². The molecule has 1 aliphatic carbocycles. The summed E-state index contributed by atoms with van der Waals surface area (Å²) in [6.07, 6.45) is 5.05. The van der Waals surface area contributed by atoms with Gasteiger partial charge in [-0.2, -0.15) is 18.5 Å². The third-order valence-corrected chi connectivity index (χ3v) is 6.53. The van der Waals surface area contributed by atoms with Crippen molar-refractivity contribution in [3.8, 4) is 28.6 Å². The van der Waals surface area contributed by atoms with Gasteiger partial charge in [0, 0.05) is 23.3 Å². The van der Waals surface area contributed by atoms with Crippen molar-refractivity contribution in [2.45, 2.75) is 63.9 Å². The van der Waals surface area contributed by atoms with Crippen molar-refractivity contribution in [2.75, 3.05) is 0 Å². The molecule has 1 aliphatic rings. The second-order valence-electron chi connectivity index (χ2n) is 9.17. The molecule has 8 heteroatoms. The highest BCUT2D eigenvalue weighted by atomic mass is 19.3. The monoisotopic (exact) mass is 481 g/mol. The second kappa shape index (κ2) is 9.98. The highest BCUT2D eigenvalue weighted by Gasteiger charge is 2.33. The molecular weight excluding hydrogens is 452 g/mol. The van der Waals surface area contributed by atoms with Crippen molar-refractivity contribution >= 4 is 12.4 Å². The molecule has 0 amide bonds. The number of halogens is 2. The van der Waals surface area contributed by atoms with Crippen molar-refractivity contribution in [1.82, 2.24) is 10.1 Å². The van der Waals surface area contributed by atoms with Crippen LogP contribution in [0.25, 0.3) is 22.8 Å². The molecule has 0 aliphatic heterocycles.